The molecule has 0 radical (unpaired) electrons. The Kier molecular flexibility index (Phi) is 5.96. The van der Waals surface area contributed by atoms with E-state index < -0.39 is 0 Å². The van der Waals surface area contributed by atoms with Crippen molar-refractivity contribution in [2.75, 3.05) is 19.8 Å². The maximum Gasteiger partial charge on any atom is 0.223 e. The number of benzene rings is 1. The zero-order valence-electron chi connectivity index (χ0n) is 17.6. The molecule has 156 valence electrons. The van der Waals surface area contributed by atoms with E-state index in [0.29, 0.717) is 39.0 Å². The molecule has 7 heteroatoms. The fourth-order valence-corrected chi connectivity index (χ4v) is 4.39. The van der Waals surface area contributed by atoms with Crippen molar-refractivity contribution in [3.63, 3.8) is 0 Å². The Labute approximate surface area is 176 Å². The van der Waals surface area contributed by atoms with Crippen LogP contribution in [-0.4, -0.2) is 51.2 Å². The summed E-state index contributed by atoms with van der Waals surface area (Å²) in [7, 11) is 0. The molecule has 1 aromatic carbocycles. The number of fused-ring (bicyclic) bond motifs is 3. The molecule has 0 atom stereocenters. The largest absolute Gasteiger partial charge is 0.381 e. The number of hydrogen-bond donors (Lipinski definition) is 0. The summed E-state index contributed by atoms with van der Waals surface area (Å²) < 4.78 is 7.33. The zero-order chi connectivity index (χ0) is 21.1. The number of aryl methyl sites for hydroxylation is 2. The second-order valence-corrected chi connectivity index (χ2v) is 7.85. The lowest BCUT2D eigenvalue weighted by molar-refractivity contribution is -0.135. The summed E-state index contributed by atoms with van der Waals surface area (Å²) in [5, 5.41) is 14.7. The van der Waals surface area contributed by atoms with Crippen molar-refractivity contribution in [3.8, 4) is 6.07 Å². The molecule has 0 N–H and O–H groups in total. The van der Waals surface area contributed by atoms with Crippen molar-refractivity contribution in [3.05, 3.63) is 41.2 Å². The van der Waals surface area contributed by atoms with Crippen molar-refractivity contribution in [2.45, 2.75) is 52.0 Å². The first kappa shape index (κ1) is 20.3. The molecule has 0 unspecified atom stereocenters. The zero-order valence-corrected chi connectivity index (χ0v) is 17.6. The van der Waals surface area contributed by atoms with Crippen LogP contribution < -0.4 is 0 Å². The normalized spacial score (nSPS) is 14.8. The van der Waals surface area contributed by atoms with Gasteiger partial charge in [-0.25, -0.2) is 9.50 Å². The molecule has 4 rings (SSSR count). The predicted octanol–water partition coefficient (Wildman–Crippen LogP) is 3.35. The van der Waals surface area contributed by atoms with Gasteiger partial charge in [0.25, 0.3) is 0 Å². The van der Waals surface area contributed by atoms with E-state index in [2.05, 4.69) is 6.07 Å². The fourth-order valence-electron chi connectivity index (χ4n) is 4.39. The minimum atomic E-state index is 0.0988. The van der Waals surface area contributed by atoms with Gasteiger partial charge in [0.15, 0.2) is 5.65 Å². The Bertz CT molecular complexity index is 1110. The van der Waals surface area contributed by atoms with Gasteiger partial charge in [0.2, 0.25) is 5.91 Å². The van der Waals surface area contributed by atoms with Gasteiger partial charge >= 0.3 is 0 Å². The second-order valence-electron chi connectivity index (χ2n) is 7.85. The number of nitrogens with zero attached hydrogens (tertiary/aromatic N) is 5. The number of carbonyl (C=O) groups is 1. The number of aromatic nitrogens is 3. The number of amides is 1. The van der Waals surface area contributed by atoms with E-state index in [-0.39, 0.29) is 11.9 Å². The summed E-state index contributed by atoms with van der Waals surface area (Å²) in [6.45, 7) is 5.87. The first-order chi connectivity index (χ1) is 14.6. The molecule has 0 aliphatic carbocycles. The Morgan fingerprint density at radius 1 is 1.30 bits per heavy atom. The molecular formula is C23H27N5O2. The number of carbonyl (C=O) groups excluding carboxylic acids is 1. The summed E-state index contributed by atoms with van der Waals surface area (Å²) in [5.74, 6) is 0.0988. The number of nitriles is 1. The van der Waals surface area contributed by atoms with Crippen LogP contribution in [0.1, 0.15) is 42.6 Å². The van der Waals surface area contributed by atoms with Gasteiger partial charge in [-0.3, -0.25) is 4.79 Å². The number of rotatable bonds is 6. The second kappa shape index (κ2) is 8.80. The Morgan fingerprint density at radius 2 is 2.07 bits per heavy atom. The molecule has 0 bridgehead atoms. The van der Waals surface area contributed by atoms with E-state index in [1.54, 1.807) is 0 Å². The Hall–Kier alpha value is -2.98. The highest BCUT2D eigenvalue weighted by molar-refractivity contribution is 5.92. The highest BCUT2D eigenvalue weighted by atomic mass is 16.5. The van der Waals surface area contributed by atoms with Gasteiger partial charge in [0.1, 0.15) is 0 Å². The van der Waals surface area contributed by atoms with Crippen LogP contribution in [0.4, 0.5) is 0 Å². The highest BCUT2D eigenvalue weighted by Gasteiger charge is 2.25. The van der Waals surface area contributed by atoms with Crippen molar-refractivity contribution in [2.24, 2.45) is 0 Å². The van der Waals surface area contributed by atoms with E-state index in [0.717, 1.165) is 46.3 Å². The van der Waals surface area contributed by atoms with Crippen molar-refractivity contribution >= 4 is 22.5 Å². The van der Waals surface area contributed by atoms with Gasteiger partial charge in [-0.1, -0.05) is 12.1 Å². The third-order valence-electron chi connectivity index (χ3n) is 6.02. The molecule has 3 heterocycles. The topological polar surface area (TPSA) is 83.5 Å². The van der Waals surface area contributed by atoms with Crippen LogP contribution in [0.2, 0.25) is 0 Å². The monoisotopic (exact) mass is 405 g/mol. The summed E-state index contributed by atoms with van der Waals surface area (Å²) in [5.41, 5.74) is 4.80. The number of ether oxygens (including phenoxy) is 1. The standard InChI is InChI=1S/C23H27N5O2/c1-16-19(17(2)28-23(25-16)20-6-3-4-7-21(20)26-28)8-9-22(29)27(13-5-12-24)18-10-14-30-15-11-18/h3-4,6-7,18H,5,8-11,13-15H2,1-2H3. The highest BCUT2D eigenvalue weighted by Crippen LogP contribution is 2.24. The summed E-state index contributed by atoms with van der Waals surface area (Å²) in [6.07, 6.45) is 3.04. The third kappa shape index (κ3) is 3.88. The lowest BCUT2D eigenvalue weighted by Gasteiger charge is -2.34. The van der Waals surface area contributed by atoms with Crippen LogP contribution in [0.5, 0.6) is 0 Å². The molecule has 7 nitrogen and oxygen atoms in total. The van der Waals surface area contributed by atoms with Crippen molar-refractivity contribution < 1.29 is 9.53 Å². The molecule has 2 aromatic heterocycles. The third-order valence-corrected chi connectivity index (χ3v) is 6.02. The maximum atomic E-state index is 13.1. The van der Waals surface area contributed by atoms with Gasteiger partial charge in [0.05, 0.1) is 18.0 Å². The molecule has 30 heavy (non-hydrogen) atoms. The minimum Gasteiger partial charge on any atom is -0.381 e. The molecule has 0 spiro atoms. The van der Waals surface area contributed by atoms with Crippen molar-refractivity contribution in [1.82, 2.24) is 19.5 Å². The van der Waals surface area contributed by atoms with Gasteiger partial charge < -0.3 is 9.64 Å². The summed E-state index contributed by atoms with van der Waals surface area (Å²) in [6, 6.07) is 10.3. The lowest BCUT2D eigenvalue weighted by Crippen LogP contribution is -2.44. The van der Waals surface area contributed by atoms with Crippen LogP contribution in [0.15, 0.2) is 24.3 Å². The SMILES string of the molecule is Cc1nc2c3ccccc3nn2c(C)c1CCC(=O)N(CCC#N)C1CCOCC1. The van der Waals surface area contributed by atoms with Crippen LogP contribution in [0.3, 0.4) is 0 Å². The minimum absolute atomic E-state index is 0.0988. The average Bonchev–Trinajstić information content (AvgIpc) is 3.13. The fraction of sp³-hybridized carbons (Fsp3) is 0.478. The molecule has 1 amide bonds. The summed E-state index contributed by atoms with van der Waals surface area (Å²) in [4.78, 5) is 19.8. The Morgan fingerprint density at radius 3 is 2.83 bits per heavy atom. The first-order valence-corrected chi connectivity index (χ1v) is 10.6. The molecular weight excluding hydrogens is 378 g/mol. The molecule has 1 saturated heterocycles. The van der Waals surface area contributed by atoms with E-state index in [1.165, 1.54) is 0 Å². The number of hydrogen-bond acceptors (Lipinski definition) is 5. The van der Waals surface area contributed by atoms with Crippen LogP contribution in [0, 0.1) is 25.2 Å². The van der Waals surface area contributed by atoms with Crippen LogP contribution >= 0.6 is 0 Å². The Balaban J connectivity index is 1.56. The molecule has 1 fully saturated rings. The molecule has 1 aliphatic heterocycles. The van der Waals surface area contributed by atoms with Gasteiger partial charge in [-0.15, -0.1) is 0 Å². The van der Waals surface area contributed by atoms with E-state index in [4.69, 9.17) is 20.1 Å². The molecule has 1 aliphatic rings. The van der Waals surface area contributed by atoms with Gasteiger partial charge in [-0.2, -0.15) is 10.4 Å². The lowest BCUT2D eigenvalue weighted by atomic mass is 10.0. The van der Waals surface area contributed by atoms with Crippen LogP contribution in [-0.2, 0) is 16.0 Å². The smallest absolute Gasteiger partial charge is 0.223 e. The van der Waals surface area contributed by atoms with Gasteiger partial charge in [0, 0.05) is 49.0 Å². The van der Waals surface area contributed by atoms with E-state index >= 15 is 0 Å². The van der Waals surface area contributed by atoms with Crippen molar-refractivity contribution in [1.29, 1.82) is 5.26 Å². The van der Waals surface area contributed by atoms with Crippen LogP contribution in [0.25, 0.3) is 16.6 Å². The average molecular weight is 406 g/mol. The first-order valence-electron chi connectivity index (χ1n) is 10.6. The van der Waals surface area contributed by atoms with E-state index in [1.807, 2.05) is 47.5 Å². The quantitative estimate of drug-likeness (QED) is 0.628. The van der Waals surface area contributed by atoms with E-state index in [9.17, 15) is 4.79 Å². The molecule has 3 aromatic rings. The maximum absolute atomic E-state index is 13.1. The van der Waals surface area contributed by atoms with Gasteiger partial charge in [-0.05, 0) is 50.8 Å². The summed E-state index contributed by atoms with van der Waals surface area (Å²) >= 11 is 0. The predicted molar refractivity (Wildman–Crippen MR) is 114 cm³/mol. The molecule has 0 saturated carbocycles.